The van der Waals surface area contributed by atoms with Gasteiger partial charge in [0.05, 0.1) is 0 Å². The van der Waals surface area contributed by atoms with E-state index in [0.717, 1.165) is 5.56 Å². The SMILES string of the molecule is Cc1cncc(CC(C)(C(N)=O)C(=O)O)c1. The summed E-state index contributed by atoms with van der Waals surface area (Å²) in [5.74, 6) is -2.07. The summed E-state index contributed by atoms with van der Waals surface area (Å²) in [5, 5.41) is 9.01. The first-order valence-corrected chi connectivity index (χ1v) is 4.80. The van der Waals surface area contributed by atoms with Gasteiger partial charge in [0.25, 0.3) is 0 Å². The van der Waals surface area contributed by atoms with E-state index in [9.17, 15) is 9.59 Å². The van der Waals surface area contributed by atoms with Gasteiger partial charge in [-0.3, -0.25) is 14.6 Å². The van der Waals surface area contributed by atoms with Crippen molar-refractivity contribution in [2.45, 2.75) is 20.3 Å². The average molecular weight is 222 g/mol. The summed E-state index contributed by atoms with van der Waals surface area (Å²) in [5.41, 5.74) is 5.13. The molecule has 1 rings (SSSR count). The number of carboxylic acids is 1. The molecule has 16 heavy (non-hydrogen) atoms. The second kappa shape index (κ2) is 4.30. The Bertz CT molecular complexity index is 415. The molecule has 0 fully saturated rings. The highest BCUT2D eigenvalue weighted by molar-refractivity contribution is 6.00. The first-order valence-electron chi connectivity index (χ1n) is 4.80. The Kier molecular flexibility index (Phi) is 3.27. The Labute approximate surface area is 93.3 Å². The van der Waals surface area contributed by atoms with Crippen LogP contribution in [0.1, 0.15) is 18.1 Å². The first-order chi connectivity index (χ1) is 7.36. The topological polar surface area (TPSA) is 93.3 Å². The van der Waals surface area contributed by atoms with Crippen LogP contribution in [0.4, 0.5) is 0 Å². The maximum absolute atomic E-state index is 11.2. The van der Waals surface area contributed by atoms with Crippen LogP contribution >= 0.6 is 0 Å². The molecular weight excluding hydrogens is 208 g/mol. The lowest BCUT2D eigenvalue weighted by Gasteiger charge is -2.20. The zero-order valence-electron chi connectivity index (χ0n) is 9.23. The smallest absolute Gasteiger partial charge is 0.319 e. The van der Waals surface area contributed by atoms with Crippen molar-refractivity contribution in [2.75, 3.05) is 0 Å². The van der Waals surface area contributed by atoms with E-state index < -0.39 is 17.3 Å². The van der Waals surface area contributed by atoms with E-state index in [1.807, 2.05) is 6.92 Å². The van der Waals surface area contributed by atoms with E-state index in [2.05, 4.69) is 4.98 Å². The van der Waals surface area contributed by atoms with Gasteiger partial charge in [-0.2, -0.15) is 0 Å². The largest absolute Gasteiger partial charge is 0.480 e. The predicted molar refractivity (Wildman–Crippen MR) is 57.6 cm³/mol. The number of pyridine rings is 1. The third kappa shape index (κ3) is 2.36. The molecule has 1 unspecified atom stereocenters. The quantitative estimate of drug-likeness (QED) is 0.726. The van der Waals surface area contributed by atoms with Crippen molar-refractivity contribution in [2.24, 2.45) is 11.1 Å². The molecule has 0 aliphatic carbocycles. The third-order valence-electron chi connectivity index (χ3n) is 2.51. The van der Waals surface area contributed by atoms with Crippen LogP contribution < -0.4 is 5.73 Å². The Morgan fingerprint density at radius 1 is 1.50 bits per heavy atom. The van der Waals surface area contributed by atoms with E-state index in [1.54, 1.807) is 12.3 Å². The van der Waals surface area contributed by atoms with Crippen molar-refractivity contribution >= 4 is 11.9 Å². The molecule has 0 radical (unpaired) electrons. The van der Waals surface area contributed by atoms with Gasteiger partial charge in [-0.25, -0.2) is 0 Å². The van der Waals surface area contributed by atoms with Crippen LogP contribution in [0, 0.1) is 12.3 Å². The molecule has 0 bridgehead atoms. The first kappa shape index (κ1) is 12.2. The van der Waals surface area contributed by atoms with E-state index in [-0.39, 0.29) is 6.42 Å². The van der Waals surface area contributed by atoms with Gasteiger partial charge in [-0.15, -0.1) is 0 Å². The molecule has 1 atom stereocenters. The van der Waals surface area contributed by atoms with Gasteiger partial charge < -0.3 is 10.8 Å². The summed E-state index contributed by atoms with van der Waals surface area (Å²) in [6, 6.07) is 1.79. The summed E-state index contributed by atoms with van der Waals surface area (Å²) in [6.07, 6.45) is 3.25. The molecule has 0 saturated heterocycles. The number of carboxylic acid groups (broad SMARTS) is 1. The molecule has 0 saturated carbocycles. The number of nitrogens with zero attached hydrogens (tertiary/aromatic N) is 1. The van der Waals surface area contributed by atoms with Crippen LogP contribution in [-0.4, -0.2) is 22.0 Å². The lowest BCUT2D eigenvalue weighted by atomic mass is 9.83. The highest BCUT2D eigenvalue weighted by atomic mass is 16.4. The molecule has 1 heterocycles. The van der Waals surface area contributed by atoms with Gasteiger partial charge in [-0.1, -0.05) is 6.07 Å². The van der Waals surface area contributed by atoms with Crippen LogP contribution in [0.2, 0.25) is 0 Å². The minimum atomic E-state index is -1.59. The van der Waals surface area contributed by atoms with Crippen molar-refractivity contribution in [3.63, 3.8) is 0 Å². The molecule has 1 amide bonds. The number of rotatable bonds is 4. The Morgan fingerprint density at radius 2 is 2.12 bits per heavy atom. The molecule has 1 aromatic heterocycles. The van der Waals surface area contributed by atoms with Gasteiger partial charge in [0, 0.05) is 12.4 Å². The maximum atomic E-state index is 11.2. The fraction of sp³-hybridized carbons (Fsp3) is 0.364. The molecule has 0 aliphatic heterocycles. The molecular formula is C11H14N2O3. The lowest BCUT2D eigenvalue weighted by Crippen LogP contribution is -2.43. The Hall–Kier alpha value is -1.91. The van der Waals surface area contributed by atoms with Gasteiger partial charge in [0.2, 0.25) is 5.91 Å². The number of aryl methyl sites for hydroxylation is 1. The van der Waals surface area contributed by atoms with E-state index >= 15 is 0 Å². The number of aliphatic carboxylic acids is 1. The van der Waals surface area contributed by atoms with E-state index in [0.29, 0.717) is 5.56 Å². The Balaban J connectivity index is 3.02. The van der Waals surface area contributed by atoms with Gasteiger partial charge in [0.1, 0.15) is 5.41 Å². The fourth-order valence-corrected chi connectivity index (χ4v) is 1.39. The van der Waals surface area contributed by atoms with Crippen LogP contribution in [0.3, 0.4) is 0 Å². The van der Waals surface area contributed by atoms with Crippen molar-refractivity contribution in [1.82, 2.24) is 4.98 Å². The molecule has 1 aromatic rings. The number of aromatic nitrogens is 1. The van der Waals surface area contributed by atoms with Crippen molar-refractivity contribution < 1.29 is 14.7 Å². The summed E-state index contributed by atoms with van der Waals surface area (Å²) >= 11 is 0. The zero-order valence-corrected chi connectivity index (χ0v) is 9.23. The van der Waals surface area contributed by atoms with Crippen molar-refractivity contribution in [3.8, 4) is 0 Å². The Morgan fingerprint density at radius 3 is 2.56 bits per heavy atom. The molecule has 5 heteroatoms. The number of hydrogen-bond acceptors (Lipinski definition) is 3. The highest BCUT2D eigenvalue weighted by Crippen LogP contribution is 2.22. The predicted octanol–water partition coefficient (Wildman–Crippen LogP) is 0.509. The summed E-state index contributed by atoms with van der Waals surface area (Å²) in [7, 11) is 0. The number of carbonyl (C=O) groups is 2. The zero-order chi connectivity index (χ0) is 12.3. The minimum absolute atomic E-state index is 0.0480. The van der Waals surface area contributed by atoms with Gasteiger partial charge in [-0.05, 0) is 31.4 Å². The van der Waals surface area contributed by atoms with Crippen LogP contribution in [0.15, 0.2) is 18.5 Å². The fourth-order valence-electron chi connectivity index (χ4n) is 1.39. The number of primary amides is 1. The molecule has 3 N–H and O–H groups in total. The molecule has 86 valence electrons. The third-order valence-corrected chi connectivity index (χ3v) is 2.51. The minimum Gasteiger partial charge on any atom is -0.480 e. The standard InChI is InChI=1S/C11H14N2O3/c1-7-3-8(6-13-5-7)4-11(2,9(12)14)10(15)16/h3,5-6H,4H2,1-2H3,(H2,12,14)(H,15,16). The second-order valence-corrected chi connectivity index (χ2v) is 4.05. The molecule has 0 aromatic carbocycles. The highest BCUT2D eigenvalue weighted by Gasteiger charge is 2.39. The van der Waals surface area contributed by atoms with Crippen molar-refractivity contribution in [3.05, 3.63) is 29.6 Å². The van der Waals surface area contributed by atoms with Crippen LogP contribution in [0.5, 0.6) is 0 Å². The average Bonchev–Trinajstić information content (AvgIpc) is 2.16. The maximum Gasteiger partial charge on any atom is 0.319 e. The normalized spacial score (nSPS) is 14.1. The number of amides is 1. The number of hydrogen-bond donors (Lipinski definition) is 2. The molecule has 0 spiro atoms. The number of nitrogens with two attached hydrogens (primary N) is 1. The molecule has 0 aliphatic rings. The second-order valence-electron chi connectivity index (χ2n) is 4.05. The summed E-state index contributed by atoms with van der Waals surface area (Å²) in [4.78, 5) is 26.1. The lowest BCUT2D eigenvalue weighted by molar-refractivity contribution is -0.153. The van der Waals surface area contributed by atoms with Gasteiger partial charge in [0.15, 0.2) is 0 Å². The molecule has 5 nitrogen and oxygen atoms in total. The number of carbonyl (C=O) groups excluding carboxylic acids is 1. The van der Waals surface area contributed by atoms with E-state index in [4.69, 9.17) is 10.8 Å². The van der Waals surface area contributed by atoms with E-state index in [1.165, 1.54) is 13.1 Å². The van der Waals surface area contributed by atoms with Crippen LogP contribution in [0.25, 0.3) is 0 Å². The summed E-state index contributed by atoms with van der Waals surface area (Å²) in [6.45, 7) is 3.17. The monoisotopic (exact) mass is 222 g/mol. The van der Waals surface area contributed by atoms with Crippen LogP contribution in [-0.2, 0) is 16.0 Å². The van der Waals surface area contributed by atoms with Crippen molar-refractivity contribution in [1.29, 1.82) is 0 Å². The van der Waals surface area contributed by atoms with Gasteiger partial charge >= 0.3 is 5.97 Å². The summed E-state index contributed by atoms with van der Waals surface area (Å²) < 4.78 is 0.